The molecule has 0 unspecified atom stereocenters. The third-order valence-electron chi connectivity index (χ3n) is 7.51. The number of benzene rings is 3. The quantitative estimate of drug-likeness (QED) is 0.0919. The zero-order valence-corrected chi connectivity index (χ0v) is 25.8. The molecule has 0 bridgehead atoms. The van der Waals surface area contributed by atoms with Gasteiger partial charge in [-0.15, -0.1) is 0 Å². The van der Waals surface area contributed by atoms with E-state index in [0.29, 0.717) is 22.7 Å². The summed E-state index contributed by atoms with van der Waals surface area (Å²) in [6, 6.07) is 17.1. The number of nitrogens with one attached hydrogen (secondary N) is 1. The molecule has 0 spiro atoms. The van der Waals surface area contributed by atoms with E-state index in [0.717, 1.165) is 43.4 Å². The van der Waals surface area contributed by atoms with Gasteiger partial charge in [-0.05, 0) is 72.4 Å². The summed E-state index contributed by atoms with van der Waals surface area (Å²) in [4.78, 5) is 40.3. The first-order valence-corrected chi connectivity index (χ1v) is 15.2. The number of hydrogen-bond acceptors (Lipinski definition) is 5. The summed E-state index contributed by atoms with van der Waals surface area (Å²) in [6.45, 7) is -0.730. The maximum Gasteiger partial charge on any atom is 0.416 e. The Morgan fingerprint density at radius 1 is 1.02 bits per heavy atom. The minimum atomic E-state index is -4.65. The number of amides is 1. The number of carboxylic acids is 1. The molecule has 238 valence electrons. The highest BCUT2D eigenvalue weighted by Gasteiger charge is 2.31. The molecule has 4 rings (SSSR count). The second-order valence-electron chi connectivity index (χ2n) is 10.8. The molecule has 45 heavy (non-hydrogen) atoms. The lowest BCUT2D eigenvalue weighted by Crippen LogP contribution is -2.35. The van der Waals surface area contributed by atoms with Gasteiger partial charge in [0.05, 0.1) is 17.7 Å². The normalized spacial score (nSPS) is 14.2. The largest absolute Gasteiger partial charge is 0.481 e. The van der Waals surface area contributed by atoms with Crippen molar-refractivity contribution in [1.29, 1.82) is 0 Å². The van der Waals surface area contributed by atoms with Crippen LogP contribution in [0.15, 0.2) is 76.2 Å². The van der Waals surface area contributed by atoms with E-state index in [2.05, 4.69) is 26.2 Å². The molecule has 2 N–H and O–H groups in total. The Labute approximate surface area is 266 Å². The summed E-state index contributed by atoms with van der Waals surface area (Å²) in [5.41, 5.74) is 1.61. The summed E-state index contributed by atoms with van der Waals surface area (Å²) in [5, 5.41) is 23.1. The number of carboxylic acid groups (broad SMARTS) is 1. The van der Waals surface area contributed by atoms with Crippen molar-refractivity contribution >= 4 is 45.0 Å². The number of carbonyl (C=O) groups excluding carboxylic acids is 1. The van der Waals surface area contributed by atoms with Gasteiger partial charge in [0, 0.05) is 33.7 Å². The monoisotopic (exact) mass is 688 g/mol. The van der Waals surface area contributed by atoms with E-state index in [1.807, 2.05) is 24.3 Å². The number of amidine groups is 1. The predicted octanol–water partition coefficient (Wildman–Crippen LogP) is 7.73. The van der Waals surface area contributed by atoms with Crippen molar-refractivity contribution in [3.05, 3.63) is 104 Å². The summed E-state index contributed by atoms with van der Waals surface area (Å²) in [6.07, 6.45) is 0.802. The van der Waals surface area contributed by atoms with Crippen molar-refractivity contribution in [1.82, 2.24) is 5.32 Å². The molecule has 1 aliphatic carbocycles. The number of aliphatic carboxylic acids is 1. The Kier molecular flexibility index (Phi) is 11.3. The SMILES string of the molecule is O=C(O)CCNC(=O)c1ccc(CN(C(C[N+](=O)[O-])=Nc2cc(Br)cc(C(F)(F)F)c2)c2ccc(C3CCCCC3)cc2)cc1. The second kappa shape index (κ2) is 15.2. The Bertz CT molecular complexity index is 1540. The number of halogens is 4. The minimum absolute atomic E-state index is 0.0348. The van der Waals surface area contributed by atoms with Gasteiger partial charge in [0.25, 0.3) is 12.5 Å². The lowest BCUT2D eigenvalue weighted by molar-refractivity contribution is -0.463. The highest BCUT2D eigenvalue weighted by Crippen LogP contribution is 2.36. The van der Waals surface area contributed by atoms with Gasteiger partial charge in [0.1, 0.15) is 0 Å². The number of rotatable bonds is 11. The Balaban J connectivity index is 1.70. The van der Waals surface area contributed by atoms with Gasteiger partial charge < -0.3 is 15.3 Å². The van der Waals surface area contributed by atoms with Crippen LogP contribution >= 0.6 is 15.9 Å². The van der Waals surface area contributed by atoms with E-state index in [9.17, 15) is 32.9 Å². The molecule has 3 aromatic rings. The van der Waals surface area contributed by atoms with E-state index in [1.165, 1.54) is 12.5 Å². The first-order chi connectivity index (χ1) is 21.4. The Morgan fingerprint density at radius 3 is 2.29 bits per heavy atom. The van der Waals surface area contributed by atoms with Crippen molar-refractivity contribution < 1.29 is 32.8 Å². The average molecular weight is 690 g/mol. The van der Waals surface area contributed by atoms with Crippen LogP contribution in [-0.2, 0) is 17.5 Å². The van der Waals surface area contributed by atoms with Gasteiger partial charge in [-0.3, -0.25) is 19.7 Å². The molecule has 9 nitrogen and oxygen atoms in total. The van der Waals surface area contributed by atoms with Crippen LogP contribution in [0.25, 0.3) is 0 Å². The fourth-order valence-corrected chi connectivity index (χ4v) is 5.75. The molecule has 1 amide bonds. The molecule has 1 saturated carbocycles. The Morgan fingerprint density at radius 2 is 1.69 bits per heavy atom. The van der Waals surface area contributed by atoms with E-state index in [1.54, 1.807) is 29.2 Å². The Hall–Kier alpha value is -4.26. The van der Waals surface area contributed by atoms with Crippen LogP contribution in [0.3, 0.4) is 0 Å². The van der Waals surface area contributed by atoms with E-state index < -0.39 is 35.1 Å². The number of hydrogen-bond donors (Lipinski definition) is 2. The summed E-state index contributed by atoms with van der Waals surface area (Å²) in [7, 11) is 0. The van der Waals surface area contributed by atoms with Gasteiger partial charge in [0.15, 0.2) is 5.84 Å². The molecule has 0 radical (unpaired) electrons. The van der Waals surface area contributed by atoms with Crippen molar-refractivity contribution in [2.24, 2.45) is 4.99 Å². The first kappa shape index (κ1) is 33.6. The zero-order valence-electron chi connectivity index (χ0n) is 24.2. The number of nitro groups is 1. The molecule has 1 aliphatic rings. The number of alkyl halides is 3. The van der Waals surface area contributed by atoms with Crippen LogP contribution in [0.5, 0.6) is 0 Å². The van der Waals surface area contributed by atoms with E-state index in [4.69, 9.17) is 5.11 Å². The molecular formula is C32H32BrF3N4O5. The fourth-order valence-electron chi connectivity index (χ4n) is 5.27. The minimum Gasteiger partial charge on any atom is -0.481 e. The number of anilines is 1. The zero-order chi connectivity index (χ0) is 32.6. The van der Waals surface area contributed by atoms with Crippen molar-refractivity contribution in [2.45, 2.75) is 57.2 Å². The van der Waals surface area contributed by atoms with E-state index in [-0.39, 0.29) is 35.5 Å². The number of nitrogens with zero attached hydrogens (tertiary/aromatic N) is 3. The standard InChI is InChI=1S/C32H32BrF3N4O5/c33-26-16-25(32(34,35)36)17-27(18-26)38-29(20-40(44)45)39(28-12-10-23(11-13-28)22-4-2-1-3-5-22)19-21-6-8-24(9-7-21)31(43)37-15-14-30(41)42/h6-13,16-18,22H,1-5,14-15,19-20H2,(H,37,43)(H,41,42). The van der Waals surface area contributed by atoms with Crippen LogP contribution in [0.4, 0.5) is 24.5 Å². The number of carbonyl (C=O) groups is 2. The topological polar surface area (TPSA) is 125 Å². The van der Waals surface area contributed by atoms with Crippen LogP contribution in [0.2, 0.25) is 0 Å². The van der Waals surface area contributed by atoms with Crippen molar-refractivity contribution in [3.8, 4) is 0 Å². The molecule has 3 aromatic carbocycles. The van der Waals surface area contributed by atoms with Gasteiger partial charge in [0.2, 0.25) is 0 Å². The highest BCUT2D eigenvalue weighted by atomic mass is 79.9. The smallest absolute Gasteiger partial charge is 0.416 e. The summed E-state index contributed by atoms with van der Waals surface area (Å²) < 4.78 is 40.8. The molecule has 0 atom stereocenters. The van der Waals surface area contributed by atoms with Crippen LogP contribution in [0.1, 0.15) is 71.5 Å². The molecule has 1 fully saturated rings. The average Bonchev–Trinajstić information content (AvgIpc) is 2.99. The second-order valence-corrected chi connectivity index (χ2v) is 11.7. The van der Waals surface area contributed by atoms with Gasteiger partial charge in [-0.2, -0.15) is 13.2 Å². The lowest BCUT2D eigenvalue weighted by atomic mass is 9.84. The van der Waals surface area contributed by atoms with Gasteiger partial charge in [-0.25, -0.2) is 4.99 Å². The van der Waals surface area contributed by atoms with Crippen LogP contribution in [0, 0.1) is 10.1 Å². The predicted molar refractivity (Wildman–Crippen MR) is 168 cm³/mol. The van der Waals surface area contributed by atoms with Crippen molar-refractivity contribution in [3.63, 3.8) is 0 Å². The van der Waals surface area contributed by atoms with E-state index >= 15 is 0 Å². The fraction of sp³-hybridized carbons (Fsp3) is 0.344. The first-order valence-electron chi connectivity index (χ1n) is 14.4. The summed E-state index contributed by atoms with van der Waals surface area (Å²) in [5.74, 6) is -1.15. The van der Waals surface area contributed by atoms with Gasteiger partial charge >= 0.3 is 12.1 Å². The third kappa shape index (κ3) is 9.87. The van der Waals surface area contributed by atoms with Crippen LogP contribution < -0.4 is 10.2 Å². The maximum absolute atomic E-state index is 13.5. The highest BCUT2D eigenvalue weighted by molar-refractivity contribution is 9.10. The molecule has 0 aromatic heterocycles. The molecule has 0 saturated heterocycles. The maximum atomic E-state index is 13.5. The lowest BCUT2D eigenvalue weighted by Gasteiger charge is -2.27. The molecule has 13 heteroatoms. The molecular weight excluding hydrogens is 657 g/mol. The van der Waals surface area contributed by atoms with Crippen LogP contribution in [-0.4, -0.2) is 40.8 Å². The molecule has 0 heterocycles. The summed E-state index contributed by atoms with van der Waals surface area (Å²) >= 11 is 3.09. The van der Waals surface area contributed by atoms with Gasteiger partial charge in [-0.1, -0.05) is 59.5 Å². The third-order valence-corrected chi connectivity index (χ3v) is 7.97. The molecule has 0 aliphatic heterocycles. The van der Waals surface area contributed by atoms with Crippen molar-refractivity contribution in [2.75, 3.05) is 18.0 Å². The number of aliphatic imine (C=N–C) groups is 1.